The molecule has 0 fully saturated rings. The first-order chi connectivity index (χ1) is 22.3. The van der Waals surface area contributed by atoms with E-state index in [1.54, 1.807) is 67.6 Å². The Kier molecular flexibility index (Phi) is 11.7. The molecule has 4 rings (SSSR count). The normalized spacial score (nSPS) is 12.2. The van der Waals surface area contributed by atoms with Crippen LogP contribution in [0, 0.1) is 6.92 Å². The number of para-hydroxylation sites is 2. The first-order valence-corrected chi connectivity index (χ1v) is 17.3. The zero-order valence-electron chi connectivity index (χ0n) is 27.4. The molecule has 0 spiro atoms. The van der Waals surface area contributed by atoms with Crippen LogP contribution in [0.15, 0.2) is 108 Å². The molecule has 10 heteroatoms. The molecule has 1 atom stereocenters. The molecule has 1 unspecified atom stereocenters. The van der Waals surface area contributed by atoms with Gasteiger partial charge in [0, 0.05) is 23.5 Å². The predicted octanol–water partition coefficient (Wildman–Crippen LogP) is 6.80. The van der Waals surface area contributed by atoms with Crippen LogP contribution in [0.2, 0.25) is 5.02 Å². The lowest BCUT2D eigenvalue weighted by Crippen LogP contribution is -2.56. The molecule has 0 radical (unpaired) electrons. The van der Waals surface area contributed by atoms with Crippen LogP contribution in [-0.2, 0) is 32.6 Å². The average molecular weight is 676 g/mol. The first-order valence-electron chi connectivity index (χ1n) is 15.5. The van der Waals surface area contributed by atoms with Crippen LogP contribution in [0.1, 0.15) is 44.4 Å². The van der Waals surface area contributed by atoms with Gasteiger partial charge in [0.05, 0.1) is 17.2 Å². The van der Waals surface area contributed by atoms with Crippen molar-refractivity contribution in [3.63, 3.8) is 0 Å². The van der Waals surface area contributed by atoms with Gasteiger partial charge in [0.15, 0.2) is 0 Å². The highest BCUT2D eigenvalue weighted by atomic mass is 35.5. The number of halogens is 1. The van der Waals surface area contributed by atoms with Gasteiger partial charge in [-0.3, -0.25) is 13.9 Å². The SMILES string of the molecule is CCOc1ccccc1N(CC(=O)N(Cc1ccc(Cl)cc1)C(Cc1ccccc1)C(=O)NC(C)(C)C)S(=O)(=O)c1ccc(C)cc1. The molecule has 8 nitrogen and oxygen atoms in total. The van der Waals surface area contributed by atoms with Crippen molar-refractivity contribution in [3.8, 4) is 5.75 Å². The molecule has 0 saturated carbocycles. The lowest BCUT2D eigenvalue weighted by Gasteiger charge is -2.35. The van der Waals surface area contributed by atoms with Gasteiger partial charge in [-0.1, -0.05) is 83.9 Å². The summed E-state index contributed by atoms with van der Waals surface area (Å²) in [5.41, 5.74) is 2.10. The number of hydrogen-bond donors (Lipinski definition) is 1. The molecule has 0 aliphatic rings. The van der Waals surface area contributed by atoms with E-state index in [4.69, 9.17) is 16.3 Å². The van der Waals surface area contributed by atoms with Gasteiger partial charge in [-0.05, 0) is 82.1 Å². The van der Waals surface area contributed by atoms with Gasteiger partial charge in [-0.2, -0.15) is 0 Å². The topological polar surface area (TPSA) is 96.0 Å². The van der Waals surface area contributed by atoms with Crippen molar-refractivity contribution >= 4 is 39.1 Å². The molecule has 0 aliphatic heterocycles. The number of sulfonamides is 1. The summed E-state index contributed by atoms with van der Waals surface area (Å²) < 4.78 is 35.6. The van der Waals surface area contributed by atoms with Gasteiger partial charge in [0.25, 0.3) is 10.0 Å². The third kappa shape index (κ3) is 9.59. The Morgan fingerprint density at radius 3 is 2.09 bits per heavy atom. The van der Waals surface area contributed by atoms with E-state index in [1.807, 2.05) is 58.0 Å². The van der Waals surface area contributed by atoms with E-state index in [-0.39, 0.29) is 36.1 Å². The minimum atomic E-state index is -4.26. The number of carbonyl (C=O) groups excluding carboxylic acids is 2. The molecule has 47 heavy (non-hydrogen) atoms. The molecule has 0 saturated heterocycles. The number of nitrogens with one attached hydrogen (secondary N) is 1. The highest BCUT2D eigenvalue weighted by Crippen LogP contribution is 2.33. The molecule has 4 aromatic carbocycles. The van der Waals surface area contributed by atoms with Crippen molar-refractivity contribution < 1.29 is 22.7 Å². The standard InChI is InChI=1S/C37H42ClN3O5S/c1-6-46-34-15-11-10-14-32(34)41(47(44,45)31-22-16-27(2)17-23-31)26-35(42)40(25-29-18-20-30(38)21-19-29)33(36(43)39-37(3,4)5)24-28-12-8-7-9-13-28/h7-23,33H,6,24-26H2,1-5H3,(H,39,43). The Morgan fingerprint density at radius 1 is 0.851 bits per heavy atom. The monoisotopic (exact) mass is 675 g/mol. The minimum Gasteiger partial charge on any atom is -0.492 e. The molecule has 0 aromatic heterocycles. The fourth-order valence-corrected chi connectivity index (χ4v) is 6.64. The number of hydrogen-bond acceptors (Lipinski definition) is 5. The fourth-order valence-electron chi connectivity index (χ4n) is 5.08. The smallest absolute Gasteiger partial charge is 0.264 e. The zero-order valence-corrected chi connectivity index (χ0v) is 29.0. The summed E-state index contributed by atoms with van der Waals surface area (Å²) in [5, 5.41) is 3.56. The maximum atomic E-state index is 14.7. The highest BCUT2D eigenvalue weighted by molar-refractivity contribution is 7.92. The molecule has 2 amide bonds. The molecular weight excluding hydrogens is 634 g/mol. The summed E-state index contributed by atoms with van der Waals surface area (Å²) in [7, 11) is -4.26. The second-order valence-electron chi connectivity index (χ2n) is 12.3. The van der Waals surface area contributed by atoms with Crippen LogP contribution in [0.25, 0.3) is 0 Å². The van der Waals surface area contributed by atoms with E-state index in [0.29, 0.717) is 10.8 Å². The van der Waals surface area contributed by atoms with Crippen LogP contribution in [0.4, 0.5) is 5.69 Å². The van der Waals surface area contributed by atoms with E-state index < -0.39 is 34.1 Å². The van der Waals surface area contributed by atoms with Crippen LogP contribution in [-0.4, -0.2) is 49.9 Å². The van der Waals surface area contributed by atoms with Gasteiger partial charge in [-0.25, -0.2) is 8.42 Å². The van der Waals surface area contributed by atoms with Gasteiger partial charge in [-0.15, -0.1) is 0 Å². The van der Waals surface area contributed by atoms with Gasteiger partial charge in [0.2, 0.25) is 11.8 Å². The lowest BCUT2D eigenvalue weighted by atomic mass is 10.0. The average Bonchev–Trinajstić information content (AvgIpc) is 3.02. The Labute approximate surface area is 283 Å². The Morgan fingerprint density at radius 2 is 1.47 bits per heavy atom. The summed E-state index contributed by atoms with van der Waals surface area (Å²) in [6, 6.07) is 28.6. The second kappa shape index (κ2) is 15.5. The van der Waals surface area contributed by atoms with Crippen molar-refractivity contribution in [2.75, 3.05) is 17.5 Å². The number of amides is 2. The maximum Gasteiger partial charge on any atom is 0.264 e. The van der Waals surface area contributed by atoms with Crippen molar-refractivity contribution in [2.24, 2.45) is 0 Å². The summed E-state index contributed by atoms with van der Waals surface area (Å²) in [5.74, 6) is -0.604. The molecule has 4 aromatic rings. The molecular formula is C37H42ClN3O5S. The summed E-state index contributed by atoms with van der Waals surface area (Å²) >= 11 is 6.17. The van der Waals surface area contributed by atoms with Crippen molar-refractivity contribution in [1.29, 1.82) is 0 Å². The number of rotatable bonds is 13. The molecule has 248 valence electrons. The van der Waals surface area contributed by atoms with Crippen molar-refractivity contribution in [3.05, 3.63) is 125 Å². The quantitative estimate of drug-likeness (QED) is 0.168. The summed E-state index contributed by atoms with van der Waals surface area (Å²) in [6.45, 7) is 9.03. The minimum absolute atomic E-state index is 0.0257. The number of ether oxygens (including phenoxy) is 1. The Hall–Kier alpha value is -4.34. The van der Waals surface area contributed by atoms with E-state index in [0.717, 1.165) is 21.0 Å². The van der Waals surface area contributed by atoms with Crippen LogP contribution >= 0.6 is 11.6 Å². The molecule has 1 N–H and O–H groups in total. The Bertz CT molecular complexity index is 1760. The van der Waals surface area contributed by atoms with E-state index in [2.05, 4.69) is 5.32 Å². The summed E-state index contributed by atoms with van der Waals surface area (Å²) in [6.07, 6.45) is 0.211. The second-order valence-corrected chi connectivity index (χ2v) is 14.6. The highest BCUT2D eigenvalue weighted by Gasteiger charge is 2.36. The van der Waals surface area contributed by atoms with Crippen LogP contribution in [0.3, 0.4) is 0 Å². The van der Waals surface area contributed by atoms with Gasteiger partial charge in [0.1, 0.15) is 18.3 Å². The molecule has 0 aliphatic carbocycles. The fraction of sp³-hybridized carbons (Fsp3) is 0.297. The lowest BCUT2D eigenvalue weighted by molar-refractivity contribution is -0.140. The van der Waals surface area contributed by atoms with E-state index in [9.17, 15) is 18.0 Å². The third-order valence-electron chi connectivity index (χ3n) is 7.36. The number of aryl methyl sites for hydroxylation is 1. The number of nitrogens with zero attached hydrogens (tertiary/aromatic N) is 2. The van der Waals surface area contributed by atoms with Gasteiger partial charge < -0.3 is 15.0 Å². The zero-order chi connectivity index (χ0) is 34.2. The Balaban J connectivity index is 1.85. The predicted molar refractivity (Wildman–Crippen MR) is 187 cm³/mol. The first kappa shape index (κ1) is 35.5. The van der Waals surface area contributed by atoms with E-state index >= 15 is 0 Å². The largest absolute Gasteiger partial charge is 0.492 e. The third-order valence-corrected chi connectivity index (χ3v) is 9.38. The van der Waals surface area contributed by atoms with Crippen molar-refractivity contribution in [1.82, 2.24) is 10.2 Å². The molecule has 0 heterocycles. The number of anilines is 1. The van der Waals surface area contributed by atoms with Crippen molar-refractivity contribution in [2.45, 2.75) is 64.1 Å². The van der Waals surface area contributed by atoms with Gasteiger partial charge >= 0.3 is 0 Å². The maximum absolute atomic E-state index is 14.7. The van der Waals surface area contributed by atoms with Crippen LogP contribution in [0.5, 0.6) is 5.75 Å². The summed E-state index contributed by atoms with van der Waals surface area (Å²) in [4.78, 5) is 30.2. The number of benzene rings is 4. The molecule has 0 bridgehead atoms. The number of carbonyl (C=O) groups is 2. The van der Waals surface area contributed by atoms with Crippen LogP contribution < -0.4 is 14.4 Å². The van der Waals surface area contributed by atoms with E-state index in [1.165, 1.54) is 17.0 Å².